The summed E-state index contributed by atoms with van der Waals surface area (Å²) >= 11 is 0. The second-order valence-corrected chi connectivity index (χ2v) is 3.02. The molecule has 68 valence electrons. The number of methoxy groups -OCH3 is 1. The fourth-order valence-electron chi connectivity index (χ4n) is 1.11. The van der Waals surface area contributed by atoms with Gasteiger partial charge >= 0.3 is 0 Å². The SMILES string of the molecule is CC[C@H](CCC(C)OC)NC. The molecule has 0 aromatic heterocycles. The molecule has 0 aromatic rings. The molecule has 0 amide bonds. The van der Waals surface area contributed by atoms with E-state index in [0.29, 0.717) is 12.1 Å². The van der Waals surface area contributed by atoms with Crippen LogP contribution in [0.15, 0.2) is 0 Å². The predicted molar refractivity (Wildman–Crippen MR) is 48.8 cm³/mol. The van der Waals surface area contributed by atoms with E-state index in [1.807, 2.05) is 7.05 Å². The van der Waals surface area contributed by atoms with E-state index in [4.69, 9.17) is 4.74 Å². The Hall–Kier alpha value is -0.0800. The molecule has 0 heterocycles. The van der Waals surface area contributed by atoms with E-state index in [9.17, 15) is 0 Å². The van der Waals surface area contributed by atoms with E-state index < -0.39 is 0 Å². The average Bonchev–Trinajstić information content (AvgIpc) is 2.06. The van der Waals surface area contributed by atoms with E-state index in [-0.39, 0.29) is 0 Å². The standard InChI is InChI=1S/C9H21NO/c1-5-9(10-3)7-6-8(2)11-4/h8-10H,5-7H2,1-4H3/t8?,9-/m1/s1. The monoisotopic (exact) mass is 159 g/mol. The van der Waals surface area contributed by atoms with Crippen molar-refractivity contribution in [3.05, 3.63) is 0 Å². The first-order chi connectivity index (χ1) is 5.24. The summed E-state index contributed by atoms with van der Waals surface area (Å²) in [5.41, 5.74) is 0. The van der Waals surface area contributed by atoms with Gasteiger partial charge in [0.1, 0.15) is 0 Å². The maximum absolute atomic E-state index is 5.16. The van der Waals surface area contributed by atoms with Crippen molar-refractivity contribution in [3.63, 3.8) is 0 Å². The van der Waals surface area contributed by atoms with Crippen molar-refractivity contribution in [1.29, 1.82) is 0 Å². The largest absolute Gasteiger partial charge is 0.382 e. The molecule has 2 nitrogen and oxygen atoms in total. The molecule has 0 rings (SSSR count). The van der Waals surface area contributed by atoms with Gasteiger partial charge in [0.15, 0.2) is 0 Å². The Morgan fingerprint density at radius 2 is 2.00 bits per heavy atom. The average molecular weight is 159 g/mol. The molecule has 1 N–H and O–H groups in total. The van der Waals surface area contributed by atoms with E-state index in [1.54, 1.807) is 7.11 Å². The third kappa shape index (κ3) is 5.22. The lowest BCUT2D eigenvalue weighted by molar-refractivity contribution is 0.106. The van der Waals surface area contributed by atoms with Crippen molar-refractivity contribution in [2.45, 2.75) is 45.3 Å². The zero-order valence-corrected chi connectivity index (χ0v) is 8.18. The molecule has 0 aromatic carbocycles. The molecule has 0 saturated carbocycles. The van der Waals surface area contributed by atoms with Crippen molar-refractivity contribution in [2.24, 2.45) is 0 Å². The van der Waals surface area contributed by atoms with Gasteiger partial charge in [0.25, 0.3) is 0 Å². The number of hydrogen-bond donors (Lipinski definition) is 1. The number of ether oxygens (including phenoxy) is 1. The van der Waals surface area contributed by atoms with Crippen LogP contribution < -0.4 is 5.32 Å². The zero-order chi connectivity index (χ0) is 8.69. The van der Waals surface area contributed by atoms with E-state index in [0.717, 1.165) is 6.42 Å². The number of hydrogen-bond acceptors (Lipinski definition) is 2. The van der Waals surface area contributed by atoms with Crippen LogP contribution in [-0.4, -0.2) is 26.3 Å². The van der Waals surface area contributed by atoms with Crippen LogP contribution in [0.3, 0.4) is 0 Å². The van der Waals surface area contributed by atoms with E-state index in [1.165, 1.54) is 12.8 Å². The van der Waals surface area contributed by atoms with Crippen LogP contribution in [0.25, 0.3) is 0 Å². The van der Waals surface area contributed by atoms with Crippen molar-refractivity contribution in [3.8, 4) is 0 Å². The lowest BCUT2D eigenvalue weighted by Gasteiger charge is -2.15. The molecular weight excluding hydrogens is 138 g/mol. The molecule has 0 radical (unpaired) electrons. The Balaban J connectivity index is 3.34. The van der Waals surface area contributed by atoms with Crippen LogP contribution >= 0.6 is 0 Å². The minimum Gasteiger partial charge on any atom is -0.382 e. The van der Waals surface area contributed by atoms with Crippen LogP contribution in [0.1, 0.15) is 33.1 Å². The van der Waals surface area contributed by atoms with Crippen LogP contribution in [-0.2, 0) is 4.74 Å². The molecule has 0 aliphatic carbocycles. The summed E-state index contributed by atoms with van der Waals surface area (Å²) in [6.07, 6.45) is 3.96. The number of rotatable bonds is 6. The molecule has 2 atom stereocenters. The lowest BCUT2D eigenvalue weighted by Crippen LogP contribution is -2.25. The minimum atomic E-state index is 0.400. The van der Waals surface area contributed by atoms with Gasteiger partial charge in [0.05, 0.1) is 6.10 Å². The summed E-state index contributed by atoms with van der Waals surface area (Å²) in [5, 5.41) is 3.28. The normalized spacial score (nSPS) is 16.4. The van der Waals surface area contributed by atoms with Gasteiger partial charge in [-0.05, 0) is 33.2 Å². The summed E-state index contributed by atoms with van der Waals surface area (Å²) in [7, 11) is 3.79. The maximum atomic E-state index is 5.16. The van der Waals surface area contributed by atoms with Gasteiger partial charge in [-0.3, -0.25) is 0 Å². The van der Waals surface area contributed by atoms with E-state index in [2.05, 4.69) is 19.2 Å². The molecule has 0 saturated heterocycles. The fourth-order valence-corrected chi connectivity index (χ4v) is 1.11. The van der Waals surface area contributed by atoms with Crippen LogP contribution in [0.4, 0.5) is 0 Å². The summed E-state index contributed by atoms with van der Waals surface area (Å²) in [6.45, 7) is 4.32. The Morgan fingerprint density at radius 1 is 1.36 bits per heavy atom. The topological polar surface area (TPSA) is 21.3 Å². The molecule has 1 unspecified atom stereocenters. The molecule has 11 heavy (non-hydrogen) atoms. The van der Waals surface area contributed by atoms with Gasteiger partial charge in [0, 0.05) is 13.2 Å². The third-order valence-corrected chi connectivity index (χ3v) is 2.23. The maximum Gasteiger partial charge on any atom is 0.0543 e. The highest BCUT2D eigenvalue weighted by Crippen LogP contribution is 2.05. The Kier molecular flexibility index (Phi) is 6.57. The van der Waals surface area contributed by atoms with Crippen molar-refractivity contribution >= 4 is 0 Å². The summed E-state index contributed by atoms with van der Waals surface area (Å²) in [5.74, 6) is 0. The van der Waals surface area contributed by atoms with Crippen LogP contribution in [0.5, 0.6) is 0 Å². The van der Waals surface area contributed by atoms with E-state index >= 15 is 0 Å². The molecule has 0 aliphatic heterocycles. The Labute approximate surface area is 70.3 Å². The highest BCUT2D eigenvalue weighted by molar-refractivity contribution is 4.63. The van der Waals surface area contributed by atoms with Gasteiger partial charge in [-0.2, -0.15) is 0 Å². The number of nitrogens with one attached hydrogen (secondary N) is 1. The van der Waals surface area contributed by atoms with Crippen LogP contribution in [0, 0.1) is 0 Å². The summed E-state index contributed by atoms with van der Waals surface area (Å²) < 4.78 is 5.16. The molecule has 0 aliphatic rings. The Morgan fingerprint density at radius 3 is 2.36 bits per heavy atom. The first kappa shape index (κ1) is 10.9. The molecule has 2 heteroatoms. The van der Waals surface area contributed by atoms with Gasteiger partial charge < -0.3 is 10.1 Å². The zero-order valence-electron chi connectivity index (χ0n) is 8.18. The van der Waals surface area contributed by atoms with Gasteiger partial charge in [-0.1, -0.05) is 6.92 Å². The first-order valence-corrected chi connectivity index (χ1v) is 4.44. The fraction of sp³-hybridized carbons (Fsp3) is 1.00. The van der Waals surface area contributed by atoms with Crippen molar-refractivity contribution < 1.29 is 4.74 Å². The minimum absolute atomic E-state index is 0.400. The van der Waals surface area contributed by atoms with Gasteiger partial charge in [-0.25, -0.2) is 0 Å². The molecule has 0 bridgehead atoms. The molecule has 0 fully saturated rings. The van der Waals surface area contributed by atoms with Crippen LogP contribution in [0.2, 0.25) is 0 Å². The highest BCUT2D eigenvalue weighted by Gasteiger charge is 2.05. The van der Waals surface area contributed by atoms with Gasteiger partial charge in [-0.15, -0.1) is 0 Å². The Bertz CT molecular complexity index is 81.6. The third-order valence-electron chi connectivity index (χ3n) is 2.23. The lowest BCUT2D eigenvalue weighted by atomic mass is 10.1. The van der Waals surface area contributed by atoms with Crippen molar-refractivity contribution in [2.75, 3.05) is 14.2 Å². The molecule has 0 spiro atoms. The second kappa shape index (κ2) is 6.62. The molecular formula is C9H21NO. The van der Waals surface area contributed by atoms with Crippen molar-refractivity contribution in [1.82, 2.24) is 5.32 Å². The second-order valence-electron chi connectivity index (χ2n) is 3.02. The predicted octanol–water partition coefficient (Wildman–Crippen LogP) is 1.80. The quantitative estimate of drug-likeness (QED) is 0.638. The smallest absolute Gasteiger partial charge is 0.0543 e. The summed E-state index contributed by atoms with van der Waals surface area (Å²) in [4.78, 5) is 0. The van der Waals surface area contributed by atoms with Gasteiger partial charge in [0.2, 0.25) is 0 Å². The summed E-state index contributed by atoms with van der Waals surface area (Å²) in [6, 6.07) is 0.660. The highest BCUT2D eigenvalue weighted by atomic mass is 16.5. The first-order valence-electron chi connectivity index (χ1n) is 4.44.